The Morgan fingerprint density at radius 3 is 2.67 bits per heavy atom. The van der Waals surface area contributed by atoms with Crippen LogP contribution in [-0.4, -0.2) is 73.8 Å². The van der Waals surface area contributed by atoms with E-state index < -0.39 is 5.60 Å². The molecule has 3 N–H and O–H groups in total. The van der Waals surface area contributed by atoms with E-state index in [1.807, 2.05) is 12.3 Å². The van der Waals surface area contributed by atoms with E-state index in [1.165, 1.54) is 31.3 Å². The number of piperidine rings is 1. The van der Waals surface area contributed by atoms with Gasteiger partial charge in [-0.05, 0) is 114 Å². The highest BCUT2D eigenvalue weighted by molar-refractivity contribution is 6.11. The molecule has 2 fully saturated rings. The van der Waals surface area contributed by atoms with Crippen molar-refractivity contribution in [2.75, 3.05) is 26.2 Å². The van der Waals surface area contributed by atoms with Gasteiger partial charge in [0, 0.05) is 35.0 Å². The molecule has 3 aromatic rings. The summed E-state index contributed by atoms with van der Waals surface area (Å²) < 4.78 is 0. The Morgan fingerprint density at radius 1 is 0.905 bits per heavy atom. The van der Waals surface area contributed by atoms with Crippen molar-refractivity contribution in [3.05, 3.63) is 66.5 Å². The zero-order chi connectivity index (χ0) is 28.3. The maximum atomic E-state index is 13.1. The molecule has 3 bridgehead atoms. The van der Waals surface area contributed by atoms with Gasteiger partial charge in [-0.3, -0.25) is 9.88 Å². The summed E-state index contributed by atoms with van der Waals surface area (Å²) in [6, 6.07) is 8.24. The van der Waals surface area contributed by atoms with Crippen molar-refractivity contribution in [3.63, 3.8) is 0 Å². The van der Waals surface area contributed by atoms with Gasteiger partial charge in [0.1, 0.15) is 5.75 Å². The quantitative estimate of drug-likeness (QED) is 0.292. The molecule has 6 atom stereocenters. The van der Waals surface area contributed by atoms with Gasteiger partial charge in [-0.15, -0.1) is 0 Å². The van der Waals surface area contributed by atoms with E-state index in [1.54, 1.807) is 6.07 Å². The number of hydrogen-bond donors (Lipinski definition) is 3. The highest BCUT2D eigenvalue weighted by Crippen LogP contribution is 2.61. The number of para-hydroxylation sites is 1. The molecule has 6 nitrogen and oxygen atoms in total. The minimum atomic E-state index is -0.951. The van der Waals surface area contributed by atoms with Crippen molar-refractivity contribution in [3.8, 4) is 5.75 Å². The summed E-state index contributed by atoms with van der Waals surface area (Å²) in [6.45, 7) is 4.33. The average molecular weight is 565 g/mol. The van der Waals surface area contributed by atoms with Gasteiger partial charge in [0.2, 0.25) is 0 Å². The Morgan fingerprint density at radius 2 is 1.74 bits per heavy atom. The van der Waals surface area contributed by atoms with Crippen LogP contribution in [0.4, 0.5) is 0 Å². The van der Waals surface area contributed by atoms with Crippen LogP contribution >= 0.6 is 0 Å². The number of H-pyrrole nitrogens is 1. The molecule has 0 amide bonds. The molecule has 6 heterocycles. The van der Waals surface area contributed by atoms with Crippen molar-refractivity contribution >= 4 is 27.4 Å². The number of aromatic hydroxyl groups is 1. The summed E-state index contributed by atoms with van der Waals surface area (Å²) in [4.78, 5) is 14.1. The summed E-state index contributed by atoms with van der Waals surface area (Å²) in [6.07, 6.45) is 24.7. The third-order valence-electron chi connectivity index (χ3n) is 11.3. The molecule has 2 saturated heterocycles. The number of nitrogens with one attached hydrogen (secondary N) is 1. The van der Waals surface area contributed by atoms with Crippen LogP contribution in [-0.2, 0) is 0 Å². The number of hydrogen-bond acceptors (Lipinski definition) is 5. The zero-order valence-electron chi connectivity index (χ0n) is 24.6. The molecule has 1 aliphatic carbocycles. The molecule has 0 radical (unpaired) electrons. The Balaban J connectivity index is 1.35. The molecule has 42 heavy (non-hydrogen) atoms. The molecule has 1 spiro atoms. The van der Waals surface area contributed by atoms with Crippen LogP contribution in [0.2, 0.25) is 0 Å². The minimum absolute atomic E-state index is 0.0494. The number of nitrogens with zero attached hydrogens (tertiary/aromatic N) is 3. The van der Waals surface area contributed by atoms with E-state index in [9.17, 15) is 10.2 Å². The van der Waals surface area contributed by atoms with Crippen LogP contribution in [0.1, 0.15) is 69.9 Å². The topological polar surface area (TPSA) is 75.6 Å². The van der Waals surface area contributed by atoms with Gasteiger partial charge >= 0.3 is 0 Å². The number of aromatic amines is 1. The molecule has 4 aliphatic heterocycles. The number of benzene rings is 1. The maximum absolute atomic E-state index is 13.1. The number of pyridine rings is 1. The number of allylic oxidation sites excluding steroid dienone is 4. The fourth-order valence-corrected chi connectivity index (χ4v) is 9.64. The Labute approximate surface area is 248 Å². The van der Waals surface area contributed by atoms with Crippen LogP contribution in [0.15, 0.2) is 60.8 Å². The fourth-order valence-electron chi connectivity index (χ4n) is 9.64. The molecule has 2 aromatic heterocycles. The highest BCUT2D eigenvalue weighted by Gasteiger charge is 2.65. The lowest BCUT2D eigenvalue weighted by Crippen LogP contribution is -2.65. The standard InChI is InChI=1S/C36H44N4O2/c41-30-14-11-13-26-27-15-18-37-32(33(27)38-31(26)30)28-23-36(42)17-8-4-1-2-5-9-19-39-21-16-29(28)35(24-39)22-25-12-7-3-6-10-20-40(25)34(35)36/h1,4,7,11-15,18,23,25,29,34,38,41-42H,2-3,5-6,8-10,16-17,19-22,24H2/b4-1-,12-7-/t25-,29?,34-,35+,36+/m1/s1. The fraction of sp³-hybridized carbons (Fsp3) is 0.528. The normalized spacial score (nSPS) is 37.0. The molecule has 1 aromatic carbocycles. The van der Waals surface area contributed by atoms with E-state index in [4.69, 9.17) is 4.98 Å². The Bertz CT molecular complexity index is 1590. The molecule has 5 aliphatic rings. The third kappa shape index (κ3) is 4.13. The SMILES string of the molecule is Oc1cccc2c1[nH]c1c(C3=C[C@@]4(O)CC/C=C\CCCCN5CCC3[C@]3(C[C@H]6/C=C\CCCCN6[C@H]34)C5)nccc12. The monoisotopic (exact) mass is 564 g/mol. The first kappa shape index (κ1) is 26.7. The number of phenolic OH excluding ortho intramolecular Hbond substituents is 1. The first-order valence-electron chi connectivity index (χ1n) is 16.4. The predicted octanol–water partition coefficient (Wildman–Crippen LogP) is 6.56. The predicted molar refractivity (Wildman–Crippen MR) is 169 cm³/mol. The van der Waals surface area contributed by atoms with Gasteiger partial charge in [0.15, 0.2) is 0 Å². The number of aliphatic hydroxyl groups is 1. The Hall–Kier alpha value is -2.93. The van der Waals surface area contributed by atoms with E-state index in [-0.39, 0.29) is 17.2 Å². The summed E-state index contributed by atoms with van der Waals surface area (Å²) in [5.41, 5.74) is 2.89. The second-order valence-corrected chi connectivity index (χ2v) is 13.7. The van der Waals surface area contributed by atoms with Crippen LogP contribution in [0, 0.1) is 11.3 Å². The Kier molecular flexibility index (Phi) is 6.58. The van der Waals surface area contributed by atoms with E-state index in [0.29, 0.717) is 12.0 Å². The third-order valence-corrected chi connectivity index (χ3v) is 11.3. The number of fused-ring (bicyclic) bond motifs is 5. The van der Waals surface area contributed by atoms with Crippen molar-refractivity contribution in [2.24, 2.45) is 11.3 Å². The second-order valence-electron chi connectivity index (χ2n) is 13.7. The lowest BCUT2D eigenvalue weighted by atomic mass is 9.54. The average Bonchev–Trinajstić information content (AvgIpc) is 3.50. The van der Waals surface area contributed by atoms with Crippen molar-refractivity contribution in [1.82, 2.24) is 19.8 Å². The van der Waals surface area contributed by atoms with Gasteiger partial charge in [-0.2, -0.15) is 0 Å². The largest absolute Gasteiger partial charge is 0.506 e. The maximum Gasteiger partial charge on any atom is 0.139 e. The first-order chi connectivity index (χ1) is 20.6. The zero-order valence-corrected chi connectivity index (χ0v) is 24.6. The minimum Gasteiger partial charge on any atom is -0.506 e. The van der Waals surface area contributed by atoms with Gasteiger partial charge in [0.05, 0.1) is 28.4 Å². The number of aromatic nitrogens is 2. The van der Waals surface area contributed by atoms with Crippen LogP contribution in [0.3, 0.4) is 0 Å². The summed E-state index contributed by atoms with van der Waals surface area (Å²) in [5, 5.41) is 25.9. The van der Waals surface area contributed by atoms with Crippen molar-refractivity contribution in [2.45, 2.75) is 81.9 Å². The number of rotatable bonds is 1. The van der Waals surface area contributed by atoms with E-state index >= 15 is 0 Å². The molecule has 6 heteroatoms. The second kappa shape index (κ2) is 10.4. The summed E-state index contributed by atoms with van der Waals surface area (Å²) in [5.74, 6) is 0.581. The van der Waals surface area contributed by atoms with Gasteiger partial charge in [-0.1, -0.05) is 36.4 Å². The molecule has 220 valence electrons. The smallest absolute Gasteiger partial charge is 0.139 e. The summed E-state index contributed by atoms with van der Waals surface area (Å²) >= 11 is 0. The van der Waals surface area contributed by atoms with Crippen molar-refractivity contribution in [1.29, 1.82) is 0 Å². The van der Waals surface area contributed by atoms with Crippen molar-refractivity contribution < 1.29 is 10.2 Å². The highest BCUT2D eigenvalue weighted by atomic mass is 16.3. The molecule has 0 saturated carbocycles. The van der Waals surface area contributed by atoms with Gasteiger partial charge < -0.3 is 20.1 Å². The van der Waals surface area contributed by atoms with Crippen LogP contribution in [0.5, 0.6) is 5.75 Å². The summed E-state index contributed by atoms with van der Waals surface area (Å²) in [7, 11) is 0. The lowest BCUT2D eigenvalue weighted by molar-refractivity contribution is -0.0894. The molecular weight excluding hydrogens is 520 g/mol. The van der Waals surface area contributed by atoms with Gasteiger partial charge in [-0.25, -0.2) is 0 Å². The molecule has 2 unspecified atom stereocenters. The van der Waals surface area contributed by atoms with E-state index in [2.05, 4.69) is 57.3 Å². The molecular formula is C36H44N4O2. The van der Waals surface area contributed by atoms with E-state index in [0.717, 1.165) is 92.2 Å². The first-order valence-corrected chi connectivity index (χ1v) is 16.4. The van der Waals surface area contributed by atoms with Gasteiger partial charge in [0.25, 0.3) is 0 Å². The molecule has 8 rings (SSSR count). The van der Waals surface area contributed by atoms with Crippen LogP contribution in [0.25, 0.3) is 27.4 Å². The van der Waals surface area contributed by atoms with Crippen LogP contribution < -0.4 is 0 Å². The lowest BCUT2D eigenvalue weighted by Gasteiger charge is -2.58. The number of phenols is 1.